The molecule has 0 spiro atoms. The van der Waals surface area contributed by atoms with Gasteiger partial charge in [-0.1, -0.05) is 24.3 Å². The molecule has 0 aliphatic carbocycles. The molecule has 1 saturated heterocycles. The molecule has 3 amide bonds. The molecule has 2 N–H and O–H groups in total. The molecular formula is C16H11N3O6. The fourth-order valence-corrected chi connectivity index (χ4v) is 2.60. The second kappa shape index (κ2) is 6.04. The number of urea groups is 1. The Hall–Kier alpha value is -3.75. The average molecular weight is 341 g/mol. The number of fused-ring (bicyclic) bond motifs is 1. The Kier molecular flexibility index (Phi) is 3.89. The third-order valence-electron chi connectivity index (χ3n) is 3.67. The second-order valence-electron chi connectivity index (χ2n) is 5.25. The molecule has 0 unspecified atom stereocenters. The molecule has 0 bridgehead atoms. The number of hydrogen-bond donors (Lipinski definition) is 2. The van der Waals surface area contributed by atoms with Gasteiger partial charge in [0.25, 0.3) is 11.6 Å². The van der Waals surface area contributed by atoms with Crippen LogP contribution in [0.15, 0.2) is 42.1 Å². The van der Waals surface area contributed by atoms with E-state index in [1.165, 1.54) is 12.1 Å². The van der Waals surface area contributed by atoms with Crippen LogP contribution in [0.5, 0.6) is 0 Å². The summed E-state index contributed by atoms with van der Waals surface area (Å²) in [6.07, 6.45) is 1.17. The maximum absolute atomic E-state index is 12.1. The van der Waals surface area contributed by atoms with Crippen LogP contribution in [0.1, 0.15) is 5.56 Å². The van der Waals surface area contributed by atoms with Gasteiger partial charge in [-0.25, -0.2) is 9.69 Å². The van der Waals surface area contributed by atoms with Gasteiger partial charge >= 0.3 is 12.0 Å². The predicted molar refractivity (Wildman–Crippen MR) is 86.5 cm³/mol. The Bertz CT molecular complexity index is 965. The lowest BCUT2D eigenvalue weighted by molar-refractivity contribution is -0.383. The first-order valence-corrected chi connectivity index (χ1v) is 7.11. The standard InChI is InChI=1S/C16H11N3O6/c20-13(21)8-18-15(22)12(17-16(18)23)7-10-6-5-9-3-1-2-4-11(9)14(10)19(24)25/h1-7H,8H2,(H,17,23)(H,20,21)/b12-7+. The number of aliphatic carboxylic acids is 1. The van der Waals surface area contributed by atoms with Crippen LogP contribution in [0, 0.1) is 10.1 Å². The summed E-state index contributed by atoms with van der Waals surface area (Å²) in [5.41, 5.74) is -0.293. The van der Waals surface area contributed by atoms with Crippen molar-refractivity contribution >= 4 is 40.4 Å². The smallest absolute Gasteiger partial charge is 0.329 e. The van der Waals surface area contributed by atoms with Crippen molar-refractivity contribution in [3.8, 4) is 0 Å². The monoisotopic (exact) mass is 341 g/mol. The van der Waals surface area contributed by atoms with Crippen LogP contribution >= 0.6 is 0 Å². The normalized spacial score (nSPS) is 15.7. The summed E-state index contributed by atoms with van der Waals surface area (Å²) in [4.78, 5) is 46.0. The van der Waals surface area contributed by atoms with Crippen LogP contribution < -0.4 is 5.32 Å². The Morgan fingerprint density at radius 3 is 2.64 bits per heavy atom. The number of carbonyl (C=O) groups excluding carboxylic acids is 2. The molecule has 9 heteroatoms. The maximum Gasteiger partial charge on any atom is 0.329 e. The van der Waals surface area contributed by atoms with Crippen molar-refractivity contribution in [1.82, 2.24) is 10.2 Å². The van der Waals surface area contributed by atoms with E-state index in [1.807, 2.05) is 0 Å². The molecule has 9 nitrogen and oxygen atoms in total. The number of imide groups is 1. The zero-order chi connectivity index (χ0) is 18.1. The molecule has 0 aromatic heterocycles. The van der Waals surface area contributed by atoms with Crippen LogP contribution in [0.2, 0.25) is 0 Å². The summed E-state index contributed by atoms with van der Waals surface area (Å²) >= 11 is 0. The third-order valence-corrected chi connectivity index (χ3v) is 3.67. The SMILES string of the molecule is O=C(O)CN1C(=O)N/C(=C/c2ccc3ccccc3c2[N+](=O)[O-])C1=O. The molecule has 0 atom stereocenters. The van der Waals surface area contributed by atoms with Crippen LogP contribution in [-0.4, -0.2) is 39.4 Å². The van der Waals surface area contributed by atoms with E-state index in [1.54, 1.807) is 30.3 Å². The molecule has 25 heavy (non-hydrogen) atoms. The highest BCUT2D eigenvalue weighted by atomic mass is 16.6. The minimum absolute atomic E-state index is 0.129. The van der Waals surface area contributed by atoms with Crippen molar-refractivity contribution in [2.45, 2.75) is 0 Å². The summed E-state index contributed by atoms with van der Waals surface area (Å²) in [6.45, 7) is -0.790. The topological polar surface area (TPSA) is 130 Å². The van der Waals surface area contributed by atoms with Crippen LogP contribution in [0.25, 0.3) is 16.8 Å². The number of carbonyl (C=O) groups is 3. The third kappa shape index (κ3) is 2.90. The van der Waals surface area contributed by atoms with E-state index < -0.39 is 29.4 Å². The van der Waals surface area contributed by atoms with Gasteiger partial charge < -0.3 is 10.4 Å². The van der Waals surface area contributed by atoms with Crippen LogP contribution in [0.4, 0.5) is 10.5 Å². The lowest BCUT2D eigenvalue weighted by Crippen LogP contribution is -2.35. The lowest BCUT2D eigenvalue weighted by Gasteiger charge is -2.07. The number of amides is 3. The van der Waals surface area contributed by atoms with E-state index in [2.05, 4.69) is 5.32 Å². The van der Waals surface area contributed by atoms with Crippen LogP contribution in [-0.2, 0) is 9.59 Å². The molecule has 2 aromatic carbocycles. The number of hydrogen-bond acceptors (Lipinski definition) is 5. The minimum Gasteiger partial charge on any atom is -0.480 e. The first-order chi connectivity index (χ1) is 11.9. The lowest BCUT2D eigenvalue weighted by atomic mass is 10.0. The van der Waals surface area contributed by atoms with E-state index >= 15 is 0 Å². The van der Waals surface area contributed by atoms with Crippen molar-refractivity contribution in [2.24, 2.45) is 0 Å². The fourth-order valence-electron chi connectivity index (χ4n) is 2.60. The molecule has 126 valence electrons. The number of nitrogens with zero attached hydrogens (tertiary/aromatic N) is 2. The van der Waals surface area contributed by atoms with E-state index in [9.17, 15) is 24.5 Å². The van der Waals surface area contributed by atoms with E-state index in [4.69, 9.17) is 5.11 Å². The highest BCUT2D eigenvalue weighted by molar-refractivity contribution is 6.15. The number of nitro groups is 1. The number of rotatable bonds is 4. The van der Waals surface area contributed by atoms with Gasteiger partial charge in [0.05, 0.1) is 15.9 Å². The van der Waals surface area contributed by atoms with Crippen molar-refractivity contribution in [3.63, 3.8) is 0 Å². The van der Waals surface area contributed by atoms with Crippen LogP contribution in [0.3, 0.4) is 0 Å². The highest BCUT2D eigenvalue weighted by Crippen LogP contribution is 2.31. The molecule has 3 rings (SSSR count). The van der Waals surface area contributed by atoms with E-state index in [0.29, 0.717) is 15.7 Å². The maximum atomic E-state index is 12.1. The largest absolute Gasteiger partial charge is 0.480 e. The molecule has 1 aliphatic rings. The van der Waals surface area contributed by atoms with Gasteiger partial charge in [-0.15, -0.1) is 0 Å². The first-order valence-electron chi connectivity index (χ1n) is 7.11. The van der Waals surface area contributed by atoms with Crippen molar-refractivity contribution in [1.29, 1.82) is 0 Å². The Labute approximate surface area is 140 Å². The van der Waals surface area contributed by atoms with Crippen molar-refractivity contribution in [2.75, 3.05) is 6.54 Å². The summed E-state index contributed by atoms with van der Waals surface area (Å²) < 4.78 is 0. The Morgan fingerprint density at radius 1 is 1.24 bits per heavy atom. The number of nitrogens with one attached hydrogen (secondary N) is 1. The number of carboxylic acids is 1. The Balaban J connectivity index is 2.09. The van der Waals surface area contributed by atoms with Gasteiger partial charge in [-0.2, -0.15) is 0 Å². The zero-order valence-electron chi connectivity index (χ0n) is 12.6. The van der Waals surface area contributed by atoms with Crippen molar-refractivity contribution in [3.05, 3.63) is 57.8 Å². The number of benzene rings is 2. The number of carboxylic acid groups (broad SMARTS) is 1. The van der Waals surface area contributed by atoms with Gasteiger partial charge in [0, 0.05) is 0 Å². The summed E-state index contributed by atoms with van der Waals surface area (Å²) in [5, 5.41) is 23.5. The highest BCUT2D eigenvalue weighted by Gasteiger charge is 2.35. The first kappa shape index (κ1) is 16.1. The molecule has 2 aromatic rings. The van der Waals surface area contributed by atoms with Gasteiger partial charge in [0.1, 0.15) is 12.2 Å². The van der Waals surface area contributed by atoms with Gasteiger partial charge in [0.15, 0.2) is 0 Å². The Morgan fingerprint density at radius 2 is 1.96 bits per heavy atom. The van der Waals surface area contributed by atoms with Crippen molar-refractivity contribution < 1.29 is 24.4 Å². The molecule has 1 aliphatic heterocycles. The van der Waals surface area contributed by atoms with E-state index in [-0.39, 0.29) is 16.9 Å². The fraction of sp³-hybridized carbons (Fsp3) is 0.0625. The van der Waals surface area contributed by atoms with Gasteiger partial charge in [0.2, 0.25) is 0 Å². The molecule has 0 saturated carbocycles. The molecule has 1 fully saturated rings. The number of nitro benzene ring substituents is 1. The predicted octanol–water partition coefficient (Wildman–Crippen LogP) is 1.73. The van der Waals surface area contributed by atoms with Gasteiger partial charge in [-0.05, 0) is 23.6 Å². The molecule has 1 heterocycles. The minimum atomic E-state index is -1.35. The summed E-state index contributed by atoms with van der Waals surface area (Å²) in [6, 6.07) is 8.94. The molecular weight excluding hydrogens is 330 g/mol. The summed E-state index contributed by atoms with van der Waals surface area (Å²) in [7, 11) is 0. The molecule has 0 radical (unpaired) electrons. The summed E-state index contributed by atoms with van der Waals surface area (Å²) in [5.74, 6) is -2.20. The average Bonchev–Trinajstić information content (AvgIpc) is 2.81. The zero-order valence-corrected chi connectivity index (χ0v) is 12.6. The second-order valence-corrected chi connectivity index (χ2v) is 5.25. The van der Waals surface area contributed by atoms with Gasteiger partial charge in [-0.3, -0.25) is 19.7 Å². The van der Waals surface area contributed by atoms with E-state index in [0.717, 1.165) is 0 Å². The quantitative estimate of drug-likeness (QED) is 0.377.